The number of ether oxygens (including phenoxy) is 1. The van der Waals surface area contributed by atoms with Gasteiger partial charge in [-0.15, -0.1) is 0 Å². The van der Waals surface area contributed by atoms with Crippen LogP contribution in [0, 0.1) is 0 Å². The number of methoxy groups -OCH3 is 1. The van der Waals surface area contributed by atoms with E-state index in [1.807, 2.05) is 18.2 Å². The molecule has 2 rings (SSSR count). The molecule has 1 fully saturated rings. The lowest BCUT2D eigenvalue weighted by Gasteiger charge is -2.31. The molecule has 0 bridgehead atoms. The maximum absolute atomic E-state index is 10.00. The second-order valence-electron chi connectivity index (χ2n) is 5.09. The van der Waals surface area contributed by atoms with E-state index in [-0.39, 0.29) is 18.2 Å². The average molecular weight is 249 g/mol. The van der Waals surface area contributed by atoms with Crippen molar-refractivity contribution >= 4 is 0 Å². The van der Waals surface area contributed by atoms with Crippen LogP contribution in [0.5, 0.6) is 5.75 Å². The first kappa shape index (κ1) is 13.4. The number of aliphatic hydroxyl groups excluding tert-OH is 1. The molecule has 0 heterocycles. The van der Waals surface area contributed by atoms with Gasteiger partial charge in [0.1, 0.15) is 5.75 Å². The molecular weight excluding hydrogens is 226 g/mol. The third-order valence-corrected chi connectivity index (χ3v) is 3.80. The second kappa shape index (κ2) is 6.21. The Bertz CT molecular complexity index is 381. The summed E-state index contributed by atoms with van der Waals surface area (Å²) in [5.41, 5.74) is 1.15. The number of benzene rings is 1. The monoisotopic (exact) mass is 249 g/mol. The molecule has 3 nitrogen and oxygen atoms in total. The molecule has 100 valence electrons. The zero-order valence-electron chi connectivity index (χ0n) is 11.2. The van der Waals surface area contributed by atoms with Crippen molar-refractivity contribution in [3.05, 3.63) is 29.8 Å². The maximum atomic E-state index is 10.00. The standard InChI is InChI=1S/C15H23NO2/c1-11(12-7-3-6-10-15(12)18-2)16-13-8-4-5-9-14(13)17/h3,6-7,10-11,13-14,16-17H,4-5,8-9H2,1-2H3. The van der Waals surface area contributed by atoms with E-state index in [9.17, 15) is 5.11 Å². The van der Waals surface area contributed by atoms with E-state index in [4.69, 9.17) is 4.74 Å². The molecule has 1 saturated carbocycles. The van der Waals surface area contributed by atoms with Crippen LogP contribution in [0.2, 0.25) is 0 Å². The summed E-state index contributed by atoms with van der Waals surface area (Å²) >= 11 is 0. The molecular formula is C15H23NO2. The van der Waals surface area contributed by atoms with Gasteiger partial charge in [0.15, 0.2) is 0 Å². The predicted molar refractivity (Wildman–Crippen MR) is 72.8 cm³/mol. The van der Waals surface area contributed by atoms with Gasteiger partial charge in [-0.1, -0.05) is 31.0 Å². The molecule has 1 aromatic carbocycles. The van der Waals surface area contributed by atoms with Gasteiger partial charge in [-0.3, -0.25) is 0 Å². The zero-order valence-corrected chi connectivity index (χ0v) is 11.2. The first-order valence-electron chi connectivity index (χ1n) is 6.79. The van der Waals surface area contributed by atoms with Crippen LogP contribution < -0.4 is 10.1 Å². The molecule has 3 heteroatoms. The van der Waals surface area contributed by atoms with Gasteiger partial charge in [-0.25, -0.2) is 0 Å². The molecule has 1 aliphatic rings. The van der Waals surface area contributed by atoms with Crippen molar-refractivity contribution in [2.24, 2.45) is 0 Å². The molecule has 3 atom stereocenters. The lowest BCUT2D eigenvalue weighted by atomic mass is 9.91. The smallest absolute Gasteiger partial charge is 0.123 e. The normalized spacial score (nSPS) is 25.7. The number of nitrogens with one attached hydrogen (secondary N) is 1. The Morgan fingerprint density at radius 1 is 1.28 bits per heavy atom. The molecule has 2 N–H and O–H groups in total. The highest BCUT2D eigenvalue weighted by molar-refractivity contribution is 5.35. The number of hydrogen-bond acceptors (Lipinski definition) is 3. The SMILES string of the molecule is COc1ccccc1C(C)NC1CCCCC1O. The van der Waals surface area contributed by atoms with Gasteiger partial charge < -0.3 is 15.2 Å². The van der Waals surface area contributed by atoms with Crippen molar-refractivity contribution in [3.8, 4) is 5.75 Å². The summed E-state index contributed by atoms with van der Waals surface area (Å²) in [5, 5.41) is 13.5. The first-order chi connectivity index (χ1) is 8.72. The van der Waals surface area contributed by atoms with E-state index in [0.29, 0.717) is 0 Å². The summed E-state index contributed by atoms with van der Waals surface area (Å²) in [6.45, 7) is 2.12. The predicted octanol–water partition coefficient (Wildman–Crippen LogP) is 2.65. The van der Waals surface area contributed by atoms with E-state index in [1.54, 1.807) is 7.11 Å². The molecule has 18 heavy (non-hydrogen) atoms. The minimum absolute atomic E-state index is 0.193. The second-order valence-corrected chi connectivity index (χ2v) is 5.09. The molecule has 0 aromatic heterocycles. The van der Waals surface area contributed by atoms with Crippen molar-refractivity contribution in [2.45, 2.75) is 50.8 Å². The van der Waals surface area contributed by atoms with Crippen molar-refractivity contribution in [3.63, 3.8) is 0 Å². The molecule has 0 amide bonds. The van der Waals surface area contributed by atoms with E-state index >= 15 is 0 Å². The summed E-state index contributed by atoms with van der Waals surface area (Å²) < 4.78 is 5.38. The van der Waals surface area contributed by atoms with Gasteiger partial charge in [-0.2, -0.15) is 0 Å². The summed E-state index contributed by atoms with van der Waals surface area (Å²) in [7, 11) is 1.70. The van der Waals surface area contributed by atoms with Crippen LogP contribution in [0.25, 0.3) is 0 Å². The topological polar surface area (TPSA) is 41.5 Å². The van der Waals surface area contributed by atoms with Crippen LogP contribution in [0.4, 0.5) is 0 Å². The highest BCUT2D eigenvalue weighted by Gasteiger charge is 2.25. The lowest BCUT2D eigenvalue weighted by molar-refractivity contribution is 0.0858. The summed E-state index contributed by atoms with van der Waals surface area (Å²) in [6, 6.07) is 8.45. The molecule has 1 aromatic rings. The molecule has 0 aliphatic heterocycles. The van der Waals surface area contributed by atoms with Crippen LogP contribution in [-0.4, -0.2) is 24.4 Å². The zero-order chi connectivity index (χ0) is 13.0. The molecule has 3 unspecified atom stereocenters. The van der Waals surface area contributed by atoms with E-state index < -0.39 is 0 Å². The summed E-state index contributed by atoms with van der Waals surface area (Å²) in [4.78, 5) is 0. The van der Waals surface area contributed by atoms with Gasteiger partial charge in [0, 0.05) is 17.6 Å². The number of rotatable bonds is 4. The van der Waals surface area contributed by atoms with Gasteiger partial charge >= 0.3 is 0 Å². The lowest BCUT2D eigenvalue weighted by Crippen LogP contribution is -2.43. The van der Waals surface area contributed by atoms with Crippen LogP contribution >= 0.6 is 0 Å². The molecule has 1 aliphatic carbocycles. The maximum Gasteiger partial charge on any atom is 0.123 e. The number of para-hydroxylation sites is 1. The van der Waals surface area contributed by atoms with Crippen LogP contribution in [0.1, 0.15) is 44.2 Å². The van der Waals surface area contributed by atoms with Gasteiger partial charge in [0.2, 0.25) is 0 Å². The van der Waals surface area contributed by atoms with Crippen molar-refractivity contribution in [1.82, 2.24) is 5.32 Å². The molecule has 0 spiro atoms. The highest BCUT2D eigenvalue weighted by atomic mass is 16.5. The Morgan fingerprint density at radius 3 is 2.72 bits per heavy atom. The Hall–Kier alpha value is -1.06. The minimum atomic E-state index is -0.212. The van der Waals surface area contributed by atoms with Crippen LogP contribution in [0.3, 0.4) is 0 Å². The van der Waals surface area contributed by atoms with Gasteiger partial charge in [0.25, 0.3) is 0 Å². The minimum Gasteiger partial charge on any atom is -0.496 e. The van der Waals surface area contributed by atoms with E-state index in [1.165, 1.54) is 6.42 Å². The van der Waals surface area contributed by atoms with Gasteiger partial charge in [0.05, 0.1) is 13.2 Å². The van der Waals surface area contributed by atoms with Crippen LogP contribution in [-0.2, 0) is 0 Å². The Labute approximate surface area is 109 Å². The summed E-state index contributed by atoms with van der Waals surface area (Å²) in [5.74, 6) is 0.905. The Morgan fingerprint density at radius 2 is 2.00 bits per heavy atom. The number of hydrogen-bond donors (Lipinski definition) is 2. The fourth-order valence-corrected chi connectivity index (χ4v) is 2.74. The Kier molecular flexibility index (Phi) is 4.61. The van der Waals surface area contributed by atoms with Crippen molar-refractivity contribution in [2.75, 3.05) is 7.11 Å². The average Bonchev–Trinajstić information content (AvgIpc) is 2.41. The summed E-state index contributed by atoms with van der Waals surface area (Å²) in [6.07, 6.45) is 4.10. The van der Waals surface area contributed by atoms with E-state index in [2.05, 4.69) is 18.3 Å². The number of aliphatic hydroxyl groups is 1. The van der Waals surface area contributed by atoms with Crippen LogP contribution in [0.15, 0.2) is 24.3 Å². The van der Waals surface area contributed by atoms with Crippen molar-refractivity contribution in [1.29, 1.82) is 0 Å². The molecule has 0 saturated heterocycles. The quantitative estimate of drug-likeness (QED) is 0.862. The third kappa shape index (κ3) is 3.03. The molecule has 0 radical (unpaired) electrons. The first-order valence-corrected chi connectivity index (χ1v) is 6.79. The van der Waals surface area contributed by atoms with E-state index in [0.717, 1.165) is 30.6 Å². The fraction of sp³-hybridized carbons (Fsp3) is 0.600. The van der Waals surface area contributed by atoms with Gasteiger partial charge in [-0.05, 0) is 25.8 Å². The fourth-order valence-electron chi connectivity index (χ4n) is 2.74. The third-order valence-electron chi connectivity index (χ3n) is 3.80. The highest BCUT2D eigenvalue weighted by Crippen LogP contribution is 2.27. The van der Waals surface area contributed by atoms with Crippen molar-refractivity contribution < 1.29 is 9.84 Å². The largest absolute Gasteiger partial charge is 0.496 e. The Balaban J connectivity index is 2.04.